The number of carbonyl (C=O) groups excluding carboxylic acids is 2. The fourth-order valence-corrected chi connectivity index (χ4v) is 2.19. The third-order valence-electron chi connectivity index (χ3n) is 3.21. The van der Waals surface area contributed by atoms with E-state index >= 15 is 0 Å². The Balaban J connectivity index is 2.16. The molecule has 100 valence electrons. The molecule has 1 aliphatic heterocycles. The molecule has 0 spiro atoms. The Labute approximate surface area is 109 Å². The van der Waals surface area contributed by atoms with Crippen molar-refractivity contribution in [1.29, 1.82) is 0 Å². The Morgan fingerprint density at radius 1 is 1.37 bits per heavy atom. The summed E-state index contributed by atoms with van der Waals surface area (Å²) in [5.41, 5.74) is 6.25. The molecular weight excluding hydrogens is 248 g/mol. The number of hydrogen-bond donors (Lipinski definition) is 2. The Morgan fingerprint density at radius 2 is 2.05 bits per heavy atom. The number of benzene rings is 1. The number of carbonyl (C=O) groups is 3. The van der Waals surface area contributed by atoms with E-state index in [-0.39, 0.29) is 25.4 Å². The molecule has 1 atom stereocenters. The Morgan fingerprint density at radius 3 is 2.63 bits per heavy atom. The molecule has 6 nitrogen and oxygen atoms in total. The van der Waals surface area contributed by atoms with Crippen LogP contribution < -0.4 is 5.73 Å². The van der Waals surface area contributed by atoms with E-state index in [1.165, 1.54) is 4.90 Å². The second-order valence-electron chi connectivity index (χ2n) is 4.53. The van der Waals surface area contributed by atoms with Crippen molar-refractivity contribution >= 4 is 17.8 Å². The molecule has 2 rings (SSSR count). The van der Waals surface area contributed by atoms with Crippen molar-refractivity contribution in [3.05, 3.63) is 35.4 Å². The van der Waals surface area contributed by atoms with E-state index in [1.807, 2.05) is 0 Å². The minimum atomic E-state index is -0.973. The van der Waals surface area contributed by atoms with E-state index in [2.05, 4.69) is 0 Å². The highest BCUT2D eigenvalue weighted by Gasteiger charge is 2.34. The van der Waals surface area contributed by atoms with Crippen LogP contribution in [0, 0.1) is 5.92 Å². The summed E-state index contributed by atoms with van der Waals surface area (Å²) in [7, 11) is 0. The summed E-state index contributed by atoms with van der Waals surface area (Å²) in [5, 5.41) is 8.90. The quantitative estimate of drug-likeness (QED) is 0.810. The van der Waals surface area contributed by atoms with Crippen LogP contribution in [-0.4, -0.2) is 34.3 Å². The monoisotopic (exact) mass is 262 g/mol. The van der Waals surface area contributed by atoms with Crippen molar-refractivity contribution in [1.82, 2.24) is 4.90 Å². The zero-order valence-electron chi connectivity index (χ0n) is 10.2. The van der Waals surface area contributed by atoms with Gasteiger partial charge < -0.3 is 15.7 Å². The predicted molar refractivity (Wildman–Crippen MR) is 66.1 cm³/mol. The molecule has 0 saturated carbocycles. The van der Waals surface area contributed by atoms with Gasteiger partial charge in [-0.3, -0.25) is 14.4 Å². The van der Waals surface area contributed by atoms with E-state index in [0.29, 0.717) is 11.1 Å². The lowest BCUT2D eigenvalue weighted by atomic mass is 10.1. The van der Waals surface area contributed by atoms with Crippen LogP contribution in [-0.2, 0) is 16.1 Å². The largest absolute Gasteiger partial charge is 0.481 e. The van der Waals surface area contributed by atoms with Gasteiger partial charge in [-0.05, 0) is 11.6 Å². The number of nitrogens with two attached hydrogens (primary N) is 1. The minimum absolute atomic E-state index is 0.00801. The molecule has 6 heteroatoms. The van der Waals surface area contributed by atoms with Gasteiger partial charge in [0, 0.05) is 25.1 Å². The van der Waals surface area contributed by atoms with Crippen molar-refractivity contribution in [2.45, 2.75) is 13.0 Å². The number of hydrogen-bond acceptors (Lipinski definition) is 3. The van der Waals surface area contributed by atoms with Gasteiger partial charge in [0.05, 0.1) is 5.92 Å². The molecule has 1 heterocycles. The molecule has 3 N–H and O–H groups in total. The molecule has 1 aromatic carbocycles. The lowest BCUT2D eigenvalue weighted by molar-refractivity contribution is -0.141. The van der Waals surface area contributed by atoms with Gasteiger partial charge in [0.25, 0.3) is 0 Å². The van der Waals surface area contributed by atoms with E-state index in [4.69, 9.17) is 10.8 Å². The highest BCUT2D eigenvalue weighted by Crippen LogP contribution is 2.21. The van der Waals surface area contributed by atoms with Crippen LogP contribution in [0.4, 0.5) is 0 Å². The fraction of sp³-hybridized carbons (Fsp3) is 0.308. The van der Waals surface area contributed by atoms with Crippen molar-refractivity contribution in [2.24, 2.45) is 11.7 Å². The number of carboxylic acids is 1. The van der Waals surface area contributed by atoms with Gasteiger partial charge in [-0.15, -0.1) is 0 Å². The highest BCUT2D eigenvalue weighted by atomic mass is 16.4. The van der Waals surface area contributed by atoms with Crippen LogP contribution in [0.5, 0.6) is 0 Å². The number of rotatable bonds is 4. The number of primary amides is 1. The van der Waals surface area contributed by atoms with Crippen molar-refractivity contribution in [2.75, 3.05) is 6.54 Å². The molecule has 1 unspecified atom stereocenters. The third kappa shape index (κ3) is 2.73. The minimum Gasteiger partial charge on any atom is -0.481 e. The maximum absolute atomic E-state index is 11.7. The molecule has 19 heavy (non-hydrogen) atoms. The Hall–Kier alpha value is -2.37. The van der Waals surface area contributed by atoms with E-state index in [9.17, 15) is 14.4 Å². The molecule has 0 aromatic heterocycles. The van der Waals surface area contributed by atoms with Gasteiger partial charge in [0.15, 0.2) is 0 Å². The molecular formula is C13H14N2O4. The summed E-state index contributed by atoms with van der Waals surface area (Å²) >= 11 is 0. The van der Waals surface area contributed by atoms with Crippen LogP contribution in [0.3, 0.4) is 0 Å². The molecule has 2 amide bonds. The second kappa shape index (κ2) is 5.09. The second-order valence-corrected chi connectivity index (χ2v) is 4.53. The van der Waals surface area contributed by atoms with Gasteiger partial charge in [-0.2, -0.15) is 0 Å². The molecule has 0 radical (unpaired) electrons. The van der Waals surface area contributed by atoms with Crippen LogP contribution in [0.15, 0.2) is 24.3 Å². The Kier molecular flexibility index (Phi) is 3.50. The maximum atomic E-state index is 11.7. The third-order valence-corrected chi connectivity index (χ3v) is 3.21. The van der Waals surface area contributed by atoms with E-state index in [0.717, 1.165) is 0 Å². The van der Waals surface area contributed by atoms with Gasteiger partial charge >= 0.3 is 5.97 Å². The topological polar surface area (TPSA) is 101 Å². The predicted octanol–water partition coefficient (Wildman–Crippen LogP) is 0.219. The van der Waals surface area contributed by atoms with Gasteiger partial charge in [-0.25, -0.2) is 0 Å². The van der Waals surface area contributed by atoms with Gasteiger partial charge in [0.1, 0.15) is 0 Å². The Bertz CT molecular complexity index is 541. The standard InChI is InChI=1S/C13H14N2O4/c14-12(17)10-4-2-1-3-8(10)6-15-7-9(13(18)19)5-11(15)16/h1-4,9H,5-7H2,(H2,14,17)(H,18,19). The van der Waals surface area contributed by atoms with E-state index < -0.39 is 17.8 Å². The zero-order chi connectivity index (χ0) is 14.0. The van der Waals surface area contributed by atoms with E-state index in [1.54, 1.807) is 24.3 Å². The summed E-state index contributed by atoms with van der Waals surface area (Å²) in [4.78, 5) is 35.3. The lowest BCUT2D eigenvalue weighted by Crippen LogP contribution is -2.27. The maximum Gasteiger partial charge on any atom is 0.308 e. The van der Waals surface area contributed by atoms with Crippen LogP contribution in [0.2, 0.25) is 0 Å². The van der Waals surface area contributed by atoms with Crippen molar-refractivity contribution in [3.8, 4) is 0 Å². The fourth-order valence-electron chi connectivity index (χ4n) is 2.19. The average molecular weight is 262 g/mol. The zero-order valence-corrected chi connectivity index (χ0v) is 10.2. The number of amides is 2. The molecule has 0 aliphatic carbocycles. The molecule has 0 bridgehead atoms. The van der Waals surface area contributed by atoms with Crippen LogP contribution in [0.1, 0.15) is 22.3 Å². The lowest BCUT2D eigenvalue weighted by Gasteiger charge is -2.17. The number of likely N-dealkylation sites (tertiary alicyclic amines) is 1. The summed E-state index contributed by atoms with van der Waals surface area (Å²) in [6.07, 6.45) is 0.00801. The summed E-state index contributed by atoms with van der Waals surface area (Å²) in [6.45, 7) is 0.378. The van der Waals surface area contributed by atoms with Gasteiger partial charge in [0.2, 0.25) is 11.8 Å². The first-order valence-corrected chi connectivity index (χ1v) is 5.87. The highest BCUT2D eigenvalue weighted by molar-refractivity contribution is 5.94. The van der Waals surface area contributed by atoms with Crippen LogP contribution in [0.25, 0.3) is 0 Å². The number of aliphatic carboxylic acids is 1. The van der Waals surface area contributed by atoms with Crippen LogP contribution >= 0.6 is 0 Å². The molecule has 1 saturated heterocycles. The van der Waals surface area contributed by atoms with Crippen molar-refractivity contribution < 1.29 is 19.5 Å². The first kappa shape index (κ1) is 13.1. The number of nitrogens with zero attached hydrogens (tertiary/aromatic N) is 1. The summed E-state index contributed by atoms with van der Waals surface area (Å²) < 4.78 is 0. The molecule has 1 aromatic rings. The normalized spacial score (nSPS) is 18.6. The SMILES string of the molecule is NC(=O)c1ccccc1CN1CC(C(=O)O)CC1=O. The van der Waals surface area contributed by atoms with Crippen molar-refractivity contribution in [3.63, 3.8) is 0 Å². The molecule has 1 aliphatic rings. The first-order chi connectivity index (χ1) is 8.99. The smallest absolute Gasteiger partial charge is 0.308 e. The first-order valence-electron chi connectivity index (χ1n) is 5.87. The summed E-state index contributed by atoms with van der Waals surface area (Å²) in [6, 6.07) is 6.74. The number of carboxylic acid groups (broad SMARTS) is 1. The van der Waals surface area contributed by atoms with Gasteiger partial charge in [-0.1, -0.05) is 18.2 Å². The molecule has 1 fully saturated rings. The average Bonchev–Trinajstić information content (AvgIpc) is 2.72. The summed E-state index contributed by atoms with van der Waals surface area (Å²) in [5.74, 6) is -2.42.